The number of ether oxygens (including phenoxy) is 1. The van der Waals surface area contributed by atoms with Crippen molar-refractivity contribution in [2.45, 2.75) is 6.42 Å². The monoisotopic (exact) mass is 388 g/mol. The van der Waals surface area contributed by atoms with Gasteiger partial charge in [-0.25, -0.2) is 9.36 Å². The summed E-state index contributed by atoms with van der Waals surface area (Å²) in [5.74, 6) is 0.209. The van der Waals surface area contributed by atoms with E-state index in [1.807, 2.05) is 0 Å². The van der Waals surface area contributed by atoms with Gasteiger partial charge in [0.05, 0.1) is 29.6 Å². The molecule has 0 aliphatic heterocycles. The van der Waals surface area contributed by atoms with Gasteiger partial charge >= 0.3 is 6.09 Å². The van der Waals surface area contributed by atoms with Gasteiger partial charge < -0.3 is 14.6 Å². The summed E-state index contributed by atoms with van der Waals surface area (Å²) in [5.41, 5.74) is 3.46. The van der Waals surface area contributed by atoms with Crippen molar-refractivity contribution in [3.05, 3.63) is 60.4 Å². The number of carbonyl (C=O) groups is 2. The van der Waals surface area contributed by atoms with Crippen molar-refractivity contribution in [2.75, 3.05) is 7.11 Å². The van der Waals surface area contributed by atoms with Crippen molar-refractivity contribution in [1.82, 2.24) is 19.7 Å². The van der Waals surface area contributed by atoms with Crippen LogP contribution in [-0.2, 0) is 11.2 Å². The van der Waals surface area contributed by atoms with Gasteiger partial charge in [-0.05, 0) is 35.9 Å². The molecule has 144 valence electrons. The van der Waals surface area contributed by atoms with Crippen molar-refractivity contribution < 1.29 is 19.4 Å². The minimum Gasteiger partial charge on any atom is -0.479 e. The number of aldehydes is 1. The molecule has 4 rings (SSSR count). The van der Waals surface area contributed by atoms with Crippen LogP contribution in [0.25, 0.3) is 33.4 Å². The molecule has 0 saturated heterocycles. The number of aromatic nitrogens is 4. The molecule has 3 heterocycles. The van der Waals surface area contributed by atoms with Crippen LogP contribution in [0.3, 0.4) is 0 Å². The maximum absolute atomic E-state index is 12.1. The zero-order chi connectivity index (χ0) is 20.4. The quantitative estimate of drug-likeness (QED) is 0.522. The first-order valence-corrected chi connectivity index (χ1v) is 8.76. The topological polar surface area (TPSA) is 107 Å². The SMILES string of the molecule is COc1nnc(-c2ccncc2)cc1-c1cc2ccc(CC=O)cc2n1C(=O)O. The van der Waals surface area contributed by atoms with Crippen molar-refractivity contribution in [1.29, 1.82) is 0 Å². The first-order valence-electron chi connectivity index (χ1n) is 8.76. The van der Waals surface area contributed by atoms with Gasteiger partial charge in [0.2, 0.25) is 5.88 Å². The number of methoxy groups -OCH3 is 1. The van der Waals surface area contributed by atoms with E-state index in [4.69, 9.17) is 4.74 Å². The molecule has 0 radical (unpaired) electrons. The third-order valence-corrected chi connectivity index (χ3v) is 4.58. The van der Waals surface area contributed by atoms with Gasteiger partial charge in [-0.3, -0.25) is 4.98 Å². The summed E-state index contributed by atoms with van der Waals surface area (Å²) in [6.45, 7) is 0. The van der Waals surface area contributed by atoms with Gasteiger partial charge in [0.15, 0.2) is 0 Å². The Balaban J connectivity index is 1.97. The number of nitrogens with zero attached hydrogens (tertiary/aromatic N) is 4. The van der Waals surface area contributed by atoms with E-state index < -0.39 is 6.09 Å². The fraction of sp³-hybridized carbons (Fsp3) is 0.0952. The van der Waals surface area contributed by atoms with E-state index in [9.17, 15) is 14.7 Å². The zero-order valence-corrected chi connectivity index (χ0v) is 15.4. The number of carbonyl (C=O) groups excluding carboxylic acids is 1. The van der Waals surface area contributed by atoms with Crippen LogP contribution in [0.1, 0.15) is 5.56 Å². The zero-order valence-electron chi connectivity index (χ0n) is 15.4. The third-order valence-electron chi connectivity index (χ3n) is 4.58. The predicted octanol–water partition coefficient (Wildman–Crippen LogP) is 3.44. The molecule has 29 heavy (non-hydrogen) atoms. The van der Waals surface area contributed by atoms with Crippen LogP contribution in [0.15, 0.2) is 54.9 Å². The summed E-state index contributed by atoms with van der Waals surface area (Å²) in [7, 11) is 1.45. The molecule has 0 aliphatic rings. The lowest BCUT2D eigenvalue weighted by Crippen LogP contribution is -2.10. The van der Waals surface area contributed by atoms with Gasteiger partial charge in [-0.2, -0.15) is 0 Å². The Kier molecular flexibility index (Phi) is 4.74. The van der Waals surface area contributed by atoms with E-state index in [-0.39, 0.29) is 12.3 Å². The summed E-state index contributed by atoms with van der Waals surface area (Å²) in [6.07, 6.45) is 3.13. The average molecular weight is 388 g/mol. The minimum absolute atomic E-state index is 0.209. The molecule has 8 nitrogen and oxygen atoms in total. The normalized spacial score (nSPS) is 10.8. The fourth-order valence-electron chi connectivity index (χ4n) is 3.25. The van der Waals surface area contributed by atoms with Crippen molar-refractivity contribution >= 4 is 23.3 Å². The molecule has 1 aromatic carbocycles. The van der Waals surface area contributed by atoms with Gasteiger partial charge in [0.25, 0.3) is 0 Å². The highest BCUT2D eigenvalue weighted by atomic mass is 16.5. The largest absolute Gasteiger partial charge is 0.479 e. The molecule has 4 aromatic rings. The number of carboxylic acid groups (broad SMARTS) is 1. The summed E-state index contributed by atoms with van der Waals surface area (Å²) in [6, 6.07) is 12.4. The Morgan fingerprint density at radius 1 is 1.14 bits per heavy atom. The Bertz CT molecular complexity index is 1220. The van der Waals surface area contributed by atoms with E-state index in [1.54, 1.807) is 54.9 Å². The Labute approximate surface area is 165 Å². The first kappa shape index (κ1) is 18.3. The smallest absolute Gasteiger partial charge is 0.416 e. The van der Waals surface area contributed by atoms with Crippen LogP contribution in [-0.4, -0.2) is 44.3 Å². The lowest BCUT2D eigenvalue weighted by atomic mass is 10.1. The molecule has 8 heteroatoms. The maximum atomic E-state index is 12.1. The number of hydrogen-bond acceptors (Lipinski definition) is 6. The number of pyridine rings is 1. The first-order chi connectivity index (χ1) is 14.1. The molecule has 0 bridgehead atoms. The van der Waals surface area contributed by atoms with Gasteiger partial charge in [-0.1, -0.05) is 12.1 Å². The van der Waals surface area contributed by atoms with Crippen LogP contribution in [0, 0.1) is 0 Å². The number of rotatable bonds is 5. The highest BCUT2D eigenvalue weighted by Gasteiger charge is 2.21. The highest BCUT2D eigenvalue weighted by Crippen LogP contribution is 2.35. The molecule has 0 amide bonds. The van der Waals surface area contributed by atoms with Gasteiger partial charge in [0, 0.05) is 29.8 Å². The minimum atomic E-state index is -1.15. The number of hydrogen-bond donors (Lipinski definition) is 1. The van der Waals surface area contributed by atoms with Crippen LogP contribution in [0.4, 0.5) is 4.79 Å². The Hall–Kier alpha value is -4.07. The second kappa shape index (κ2) is 7.51. The molecular weight excluding hydrogens is 372 g/mol. The fourth-order valence-corrected chi connectivity index (χ4v) is 3.25. The molecule has 0 saturated carbocycles. The van der Waals surface area contributed by atoms with E-state index in [1.165, 1.54) is 11.7 Å². The number of benzene rings is 1. The van der Waals surface area contributed by atoms with E-state index >= 15 is 0 Å². The van der Waals surface area contributed by atoms with Crippen LogP contribution < -0.4 is 4.74 Å². The lowest BCUT2D eigenvalue weighted by Gasteiger charge is -2.10. The van der Waals surface area contributed by atoms with Gasteiger partial charge in [-0.15, -0.1) is 10.2 Å². The van der Waals surface area contributed by atoms with Crippen LogP contribution in [0.5, 0.6) is 5.88 Å². The molecule has 0 spiro atoms. The van der Waals surface area contributed by atoms with Crippen molar-refractivity contribution in [3.63, 3.8) is 0 Å². The van der Waals surface area contributed by atoms with E-state index in [2.05, 4.69) is 15.2 Å². The molecule has 3 aromatic heterocycles. The Morgan fingerprint density at radius 3 is 2.62 bits per heavy atom. The van der Waals surface area contributed by atoms with Crippen LogP contribution in [0.2, 0.25) is 0 Å². The second-order valence-corrected chi connectivity index (χ2v) is 6.30. The van der Waals surface area contributed by atoms with E-state index in [0.29, 0.717) is 22.5 Å². The van der Waals surface area contributed by atoms with Crippen molar-refractivity contribution in [2.24, 2.45) is 0 Å². The molecule has 0 fully saturated rings. The van der Waals surface area contributed by atoms with Crippen LogP contribution >= 0.6 is 0 Å². The Morgan fingerprint density at radius 2 is 1.93 bits per heavy atom. The van der Waals surface area contributed by atoms with Gasteiger partial charge in [0.1, 0.15) is 6.29 Å². The summed E-state index contributed by atoms with van der Waals surface area (Å²) in [5, 5.41) is 18.9. The lowest BCUT2D eigenvalue weighted by molar-refractivity contribution is -0.107. The summed E-state index contributed by atoms with van der Waals surface area (Å²) < 4.78 is 6.51. The molecule has 0 atom stereocenters. The molecule has 0 unspecified atom stereocenters. The second-order valence-electron chi connectivity index (χ2n) is 6.30. The van der Waals surface area contributed by atoms with Crippen molar-refractivity contribution in [3.8, 4) is 28.4 Å². The predicted molar refractivity (Wildman–Crippen MR) is 106 cm³/mol. The average Bonchev–Trinajstić information content (AvgIpc) is 3.13. The third kappa shape index (κ3) is 3.31. The van der Waals surface area contributed by atoms with E-state index in [0.717, 1.165) is 22.8 Å². The maximum Gasteiger partial charge on any atom is 0.416 e. The summed E-state index contributed by atoms with van der Waals surface area (Å²) >= 11 is 0. The molecular formula is C21H16N4O4. The summed E-state index contributed by atoms with van der Waals surface area (Å²) in [4.78, 5) is 26.9. The standard InChI is InChI=1S/C21H16N4O4/c1-29-20-16(12-17(23-24-20)14-4-7-22-8-5-14)19-11-15-3-2-13(6-9-26)10-18(15)25(19)21(27)28/h2-5,7-12H,6H2,1H3,(H,27,28). The molecule has 0 aliphatic carbocycles. The highest BCUT2D eigenvalue weighted by molar-refractivity contribution is 5.97. The number of fused-ring (bicyclic) bond motifs is 1. The molecule has 1 N–H and O–H groups in total.